The molecule has 0 unspecified atom stereocenters. The fraction of sp³-hybridized carbons (Fsp3) is 0.0526. The number of ether oxygens (including phenoxy) is 1. The van der Waals surface area contributed by atoms with E-state index in [1.54, 1.807) is 12.3 Å². The van der Waals surface area contributed by atoms with Crippen LogP contribution in [0.15, 0.2) is 79.0 Å². The molecular formula is C19H17N3OS. The molecule has 24 heavy (non-hydrogen) atoms. The molecule has 0 saturated carbocycles. The van der Waals surface area contributed by atoms with Gasteiger partial charge in [-0.1, -0.05) is 48.5 Å². The zero-order chi connectivity index (χ0) is 16.6. The molecule has 1 aromatic heterocycles. The fourth-order valence-corrected chi connectivity index (χ4v) is 2.27. The van der Waals surface area contributed by atoms with Crippen molar-refractivity contribution in [3.05, 3.63) is 84.6 Å². The summed E-state index contributed by atoms with van der Waals surface area (Å²) in [5, 5.41) is 6.82. The van der Waals surface area contributed by atoms with E-state index in [9.17, 15) is 0 Å². The highest BCUT2D eigenvalue weighted by molar-refractivity contribution is 7.80. The average molecular weight is 335 g/mol. The molecule has 3 aromatic rings. The number of nitrogens with zero attached hydrogens (tertiary/aromatic N) is 1. The van der Waals surface area contributed by atoms with Gasteiger partial charge in [0, 0.05) is 12.6 Å². The molecule has 120 valence electrons. The number of rotatable bonds is 5. The maximum Gasteiger partial charge on any atom is 0.219 e. The summed E-state index contributed by atoms with van der Waals surface area (Å²) in [6, 6.07) is 23.3. The summed E-state index contributed by atoms with van der Waals surface area (Å²) in [5.41, 5.74) is 1.98. The Morgan fingerprint density at radius 1 is 0.917 bits per heavy atom. The van der Waals surface area contributed by atoms with Crippen LogP contribution in [0, 0.1) is 0 Å². The first-order chi connectivity index (χ1) is 11.8. The molecule has 0 aliphatic rings. The first-order valence-electron chi connectivity index (χ1n) is 7.57. The smallest absolute Gasteiger partial charge is 0.219 e. The second kappa shape index (κ2) is 8.08. The molecule has 0 atom stereocenters. The lowest BCUT2D eigenvalue weighted by Crippen LogP contribution is -2.27. The van der Waals surface area contributed by atoms with Gasteiger partial charge in [-0.05, 0) is 36.0 Å². The van der Waals surface area contributed by atoms with Gasteiger partial charge in [-0.25, -0.2) is 4.98 Å². The predicted molar refractivity (Wildman–Crippen MR) is 100 cm³/mol. The molecule has 2 N–H and O–H groups in total. The number of anilines is 1. The van der Waals surface area contributed by atoms with Gasteiger partial charge in [0.05, 0.1) is 11.9 Å². The Hall–Kier alpha value is -2.92. The van der Waals surface area contributed by atoms with Gasteiger partial charge < -0.3 is 15.4 Å². The molecule has 5 heteroatoms. The largest absolute Gasteiger partial charge is 0.439 e. The minimum atomic E-state index is 0.537. The van der Waals surface area contributed by atoms with Crippen molar-refractivity contribution in [1.29, 1.82) is 0 Å². The van der Waals surface area contributed by atoms with E-state index in [1.807, 2.05) is 66.7 Å². The third kappa shape index (κ3) is 4.79. The number of para-hydroxylation sites is 1. The van der Waals surface area contributed by atoms with Gasteiger partial charge in [0.2, 0.25) is 5.88 Å². The second-order valence-corrected chi connectivity index (χ2v) is 5.50. The van der Waals surface area contributed by atoms with Gasteiger partial charge in [-0.3, -0.25) is 0 Å². The van der Waals surface area contributed by atoms with Gasteiger partial charge in [0.15, 0.2) is 5.11 Å². The zero-order valence-electron chi connectivity index (χ0n) is 13.0. The van der Waals surface area contributed by atoms with Gasteiger partial charge in [0.1, 0.15) is 5.75 Å². The number of hydrogen-bond donors (Lipinski definition) is 2. The number of pyridine rings is 1. The quantitative estimate of drug-likeness (QED) is 0.678. The maximum atomic E-state index is 5.66. The lowest BCUT2D eigenvalue weighted by molar-refractivity contribution is 0.463. The standard InChI is InChI=1S/C19H17N3OS/c24-19(21-13-15-7-3-1-4-8-15)22-16-11-12-18(20-14-16)23-17-9-5-2-6-10-17/h1-12,14H,13H2,(H2,21,22,24). The van der Waals surface area contributed by atoms with Crippen LogP contribution >= 0.6 is 12.2 Å². The molecule has 0 spiro atoms. The van der Waals surface area contributed by atoms with Gasteiger partial charge in [-0.15, -0.1) is 0 Å². The minimum absolute atomic E-state index is 0.537. The van der Waals surface area contributed by atoms with Crippen molar-refractivity contribution >= 4 is 23.0 Å². The highest BCUT2D eigenvalue weighted by Crippen LogP contribution is 2.19. The predicted octanol–water partition coefficient (Wildman–Crippen LogP) is 4.36. The van der Waals surface area contributed by atoms with Crippen molar-refractivity contribution in [3.63, 3.8) is 0 Å². The Morgan fingerprint density at radius 2 is 1.62 bits per heavy atom. The van der Waals surface area contributed by atoms with Crippen LogP contribution in [0.5, 0.6) is 11.6 Å². The van der Waals surface area contributed by atoms with Crippen molar-refractivity contribution in [2.75, 3.05) is 5.32 Å². The zero-order valence-corrected chi connectivity index (χ0v) is 13.8. The van der Waals surface area contributed by atoms with E-state index in [0.29, 0.717) is 17.5 Å². The highest BCUT2D eigenvalue weighted by Gasteiger charge is 2.01. The van der Waals surface area contributed by atoms with Crippen LogP contribution in [0.1, 0.15) is 5.56 Å². The van der Waals surface area contributed by atoms with Crippen molar-refractivity contribution in [2.45, 2.75) is 6.54 Å². The topological polar surface area (TPSA) is 46.2 Å². The minimum Gasteiger partial charge on any atom is -0.439 e. The lowest BCUT2D eigenvalue weighted by Gasteiger charge is -2.11. The Kier molecular flexibility index (Phi) is 5.37. The van der Waals surface area contributed by atoms with Crippen molar-refractivity contribution in [2.24, 2.45) is 0 Å². The fourth-order valence-electron chi connectivity index (χ4n) is 2.08. The van der Waals surface area contributed by atoms with Crippen LogP contribution in [0.4, 0.5) is 5.69 Å². The average Bonchev–Trinajstić information content (AvgIpc) is 2.63. The Bertz CT molecular complexity index is 777. The molecule has 0 aliphatic carbocycles. The maximum absolute atomic E-state index is 5.66. The molecule has 0 aliphatic heterocycles. The van der Waals surface area contributed by atoms with E-state index in [1.165, 1.54) is 5.56 Å². The van der Waals surface area contributed by atoms with E-state index in [2.05, 4.69) is 15.6 Å². The molecule has 1 heterocycles. The number of nitrogens with one attached hydrogen (secondary N) is 2. The van der Waals surface area contributed by atoms with E-state index in [4.69, 9.17) is 17.0 Å². The molecule has 0 saturated heterocycles. The van der Waals surface area contributed by atoms with E-state index in [0.717, 1.165) is 11.4 Å². The van der Waals surface area contributed by atoms with Crippen LogP contribution < -0.4 is 15.4 Å². The molecule has 0 amide bonds. The van der Waals surface area contributed by atoms with Crippen LogP contribution in [0.3, 0.4) is 0 Å². The normalized spacial score (nSPS) is 10.0. The number of benzene rings is 2. The third-order valence-corrected chi connectivity index (χ3v) is 3.50. The summed E-state index contributed by atoms with van der Waals surface area (Å²) < 4.78 is 5.66. The molecule has 0 bridgehead atoms. The van der Waals surface area contributed by atoms with Crippen LogP contribution in [0.2, 0.25) is 0 Å². The Labute approximate surface area is 146 Å². The summed E-state index contributed by atoms with van der Waals surface area (Å²) >= 11 is 5.29. The first kappa shape index (κ1) is 16.0. The number of aromatic nitrogens is 1. The second-order valence-electron chi connectivity index (χ2n) is 5.09. The van der Waals surface area contributed by atoms with Crippen molar-refractivity contribution < 1.29 is 4.74 Å². The molecule has 0 radical (unpaired) electrons. The summed E-state index contributed by atoms with van der Waals surface area (Å²) in [6.45, 7) is 0.676. The van der Waals surface area contributed by atoms with Crippen molar-refractivity contribution in [3.8, 4) is 11.6 Å². The van der Waals surface area contributed by atoms with Gasteiger partial charge >= 0.3 is 0 Å². The molecule has 4 nitrogen and oxygen atoms in total. The van der Waals surface area contributed by atoms with Gasteiger partial charge in [-0.2, -0.15) is 0 Å². The Balaban J connectivity index is 1.51. The van der Waals surface area contributed by atoms with Crippen LogP contribution in [0.25, 0.3) is 0 Å². The lowest BCUT2D eigenvalue weighted by atomic mass is 10.2. The van der Waals surface area contributed by atoms with Crippen LogP contribution in [-0.4, -0.2) is 10.1 Å². The summed E-state index contributed by atoms with van der Waals surface area (Å²) in [6.07, 6.45) is 1.69. The third-order valence-electron chi connectivity index (χ3n) is 3.26. The Morgan fingerprint density at radius 3 is 2.29 bits per heavy atom. The first-order valence-corrected chi connectivity index (χ1v) is 7.98. The number of hydrogen-bond acceptors (Lipinski definition) is 3. The van der Waals surface area contributed by atoms with Crippen molar-refractivity contribution in [1.82, 2.24) is 10.3 Å². The summed E-state index contributed by atoms with van der Waals surface area (Å²) in [4.78, 5) is 4.27. The summed E-state index contributed by atoms with van der Waals surface area (Å²) in [7, 11) is 0. The SMILES string of the molecule is S=C(NCc1ccccc1)Nc1ccc(Oc2ccccc2)nc1. The van der Waals surface area contributed by atoms with E-state index >= 15 is 0 Å². The highest BCUT2D eigenvalue weighted by atomic mass is 32.1. The molecule has 3 rings (SSSR count). The van der Waals surface area contributed by atoms with E-state index < -0.39 is 0 Å². The molecule has 0 fully saturated rings. The van der Waals surface area contributed by atoms with E-state index in [-0.39, 0.29) is 0 Å². The molecular weight excluding hydrogens is 318 g/mol. The van der Waals surface area contributed by atoms with Crippen LogP contribution in [-0.2, 0) is 6.54 Å². The molecule has 2 aromatic carbocycles. The van der Waals surface area contributed by atoms with Gasteiger partial charge in [0.25, 0.3) is 0 Å². The number of thiocarbonyl (C=S) groups is 1. The summed E-state index contributed by atoms with van der Waals surface area (Å²) in [5.74, 6) is 1.29. The monoisotopic (exact) mass is 335 g/mol.